The smallest absolute Gasteiger partial charge is 0.115 e. The molecule has 1 aromatic rings. The third-order valence-electron chi connectivity index (χ3n) is 2.46. The highest BCUT2D eigenvalue weighted by molar-refractivity contribution is 5.28. The third kappa shape index (κ3) is 1.52. The van der Waals surface area contributed by atoms with Crippen molar-refractivity contribution in [1.29, 1.82) is 5.26 Å². The summed E-state index contributed by atoms with van der Waals surface area (Å²) in [6, 6.07) is 2.14. The zero-order chi connectivity index (χ0) is 9.10. The van der Waals surface area contributed by atoms with Crippen LogP contribution >= 0.6 is 0 Å². The second-order valence-corrected chi connectivity index (χ2v) is 3.29. The average Bonchev–Trinajstić information content (AvgIpc) is 2.19. The zero-order valence-electron chi connectivity index (χ0n) is 7.45. The molecule has 0 spiro atoms. The zero-order valence-corrected chi connectivity index (χ0v) is 7.45. The van der Waals surface area contributed by atoms with Crippen molar-refractivity contribution < 1.29 is 0 Å². The molecule has 2 rings (SSSR count). The van der Waals surface area contributed by atoms with E-state index in [1.807, 2.05) is 0 Å². The molecular formula is C10H11N3. The van der Waals surface area contributed by atoms with Gasteiger partial charge in [-0.1, -0.05) is 0 Å². The molecule has 0 amide bonds. The second kappa shape index (κ2) is 3.53. The Morgan fingerprint density at radius 1 is 1.31 bits per heavy atom. The van der Waals surface area contributed by atoms with Crippen LogP contribution in [0.1, 0.15) is 29.8 Å². The first-order chi connectivity index (χ1) is 6.42. The molecule has 0 radical (unpaired) electrons. The van der Waals surface area contributed by atoms with Gasteiger partial charge in [-0.3, -0.25) is 0 Å². The molecule has 0 atom stereocenters. The Kier molecular flexibility index (Phi) is 2.22. The predicted molar refractivity (Wildman–Crippen MR) is 48.0 cm³/mol. The van der Waals surface area contributed by atoms with E-state index >= 15 is 0 Å². The van der Waals surface area contributed by atoms with E-state index < -0.39 is 0 Å². The molecular weight excluding hydrogens is 162 g/mol. The summed E-state index contributed by atoms with van der Waals surface area (Å²) in [5.74, 6) is 0. The van der Waals surface area contributed by atoms with Crippen molar-refractivity contribution in [2.45, 2.75) is 32.1 Å². The maximum Gasteiger partial charge on any atom is 0.115 e. The number of hydrogen-bond donors (Lipinski definition) is 0. The lowest BCUT2D eigenvalue weighted by Crippen LogP contribution is -2.10. The lowest BCUT2D eigenvalue weighted by atomic mass is 9.94. The Morgan fingerprint density at radius 3 is 3.00 bits per heavy atom. The Bertz CT molecular complexity index is 352. The normalized spacial score (nSPS) is 14.7. The molecule has 1 heterocycles. The molecule has 0 fully saturated rings. The summed E-state index contributed by atoms with van der Waals surface area (Å²) in [5, 5.41) is 8.61. The van der Waals surface area contributed by atoms with Crippen molar-refractivity contribution in [3.8, 4) is 6.07 Å². The molecule has 1 aromatic heterocycles. The van der Waals surface area contributed by atoms with Crippen molar-refractivity contribution in [2.24, 2.45) is 0 Å². The summed E-state index contributed by atoms with van der Waals surface area (Å²) < 4.78 is 0. The average molecular weight is 173 g/mol. The number of fused-ring (bicyclic) bond motifs is 1. The van der Waals surface area contributed by atoms with E-state index in [1.165, 1.54) is 18.4 Å². The summed E-state index contributed by atoms with van der Waals surface area (Å²) in [4.78, 5) is 8.39. The van der Waals surface area contributed by atoms with Crippen LogP contribution in [0.25, 0.3) is 0 Å². The molecule has 0 saturated carbocycles. The maximum atomic E-state index is 8.61. The Morgan fingerprint density at radius 2 is 2.15 bits per heavy atom. The molecule has 0 aliphatic heterocycles. The fraction of sp³-hybridized carbons (Fsp3) is 0.500. The SMILES string of the molecule is N#CCc1ncnc2c1CCCC2. The van der Waals surface area contributed by atoms with E-state index in [9.17, 15) is 0 Å². The van der Waals surface area contributed by atoms with Gasteiger partial charge >= 0.3 is 0 Å². The van der Waals surface area contributed by atoms with Crippen molar-refractivity contribution in [2.75, 3.05) is 0 Å². The minimum atomic E-state index is 0.421. The van der Waals surface area contributed by atoms with E-state index in [2.05, 4.69) is 16.0 Å². The molecule has 1 aliphatic carbocycles. The second-order valence-electron chi connectivity index (χ2n) is 3.29. The van der Waals surface area contributed by atoms with Crippen molar-refractivity contribution in [3.63, 3.8) is 0 Å². The van der Waals surface area contributed by atoms with Gasteiger partial charge in [0, 0.05) is 5.69 Å². The van der Waals surface area contributed by atoms with Gasteiger partial charge in [0.05, 0.1) is 18.2 Å². The van der Waals surface area contributed by atoms with Crippen LogP contribution in [0.5, 0.6) is 0 Å². The summed E-state index contributed by atoms with van der Waals surface area (Å²) >= 11 is 0. The summed E-state index contributed by atoms with van der Waals surface area (Å²) in [7, 11) is 0. The van der Waals surface area contributed by atoms with Crippen LogP contribution in [0.4, 0.5) is 0 Å². The van der Waals surface area contributed by atoms with Gasteiger partial charge < -0.3 is 0 Å². The largest absolute Gasteiger partial charge is 0.241 e. The molecule has 66 valence electrons. The maximum absolute atomic E-state index is 8.61. The fourth-order valence-electron chi connectivity index (χ4n) is 1.82. The number of aromatic nitrogens is 2. The number of nitrogens with zero attached hydrogens (tertiary/aromatic N) is 3. The van der Waals surface area contributed by atoms with Gasteiger partial charge in [-0.05, 0) is 31.2 Å². The molecule has 13 heavy (non-hydrogen) atoms. The van der Waals surface area contributed by atoms with Gasteiger partial charge in [0.15, 0.2) is 0 Å². The van der Waals surface area contributed by atoms with Crippen LogP contribution < -0.4 is 0 Å². The lowest BCUT2D eigenvalue weighted by Gasteiger charge is -2.15. The van der Waals surface area contributed by atoms with Crippen LogP contribution in [0.3, 0.4) is 0 Å². The van der Waals surface area contributed by atoms with Crippen LogP contribution in [0, 0.1) is 11.3 Å². The minimum absolute atomic E-state index is 0.421. The third-order valence-corrected chi connectivity index (χ3v) is 2.46. The summed E-state index contributed by atoms with van der Waals surface area (Å²) in [5.41, 5.74) is 3.33. The molecule has 0 unspecified atom stereocenters. The first kappa shape index (κ1) is 8.18. The van der Waals surface area contributed by atoms with Crippen LogP contribution in [0.2, 0.25) is 0 Å². The number of nitriles is 1. The summed E-state index contributed by atoms with van der Waals surface area (Å²) in [6.45, 7) is 0. The van der Waals surface area contributed by atoms with Gasteiger partial charge in [-0.15, -0.1) is 0 Å². The molecule has 3 heteroatoms. The highest BCUT2D eigenvalue weighted by atomic mass is 14.8. The Hall–Kier alpha value is -1.43. The predicted octanol–water partition coefficient (Wildman–Crippen LogP) is 1.42. The highest BCUT2D eigenvalue weighted by Gasteiger charge is 2.14. The van der Waals surface area contributed by atoms with Crippen molar-refractivity contribution in [1.82, 2.24) is 9.97 Å². The number of aryl methyl sites for hydroxylation is 1. The van der Waals surface area contributed by atoms with Crippen molar-refractivity contribution >= 4 is 0 Å². The molecule has 0 aromatic carbocycles. The first-order valence-corrected chi connectivity index (χ1v) is 4.60. The number of rotatable bonds is 1. The van der Waals surface area contributed by atoms with Gasteiger partial charge in [-0.25, -0.2) is 9.97 Å². The van der Waals surface area contributed by atoms with Gasteiger partial charge in [0.2, 0.25) is 0 Å². The minimum Gasteiger partial charge on any atom is -0.241 e. The topological polar surface area (TPSA) is 49.6 Å². The number of hydrogen-bond acceptors (Lipinski definition) is 3. The Labute approximate surface area is 77.4 Å². The van der Waals surface area contributed by atoms with Crippen LogP contribution in [0.15, 0.2) is 6.33 Å². The van der Waals surface area contributed by atoms with Gasteiger partial charge in [-0.2, -0.15) is 5.26 Å². The summed E-state index contributed by atoms with van der Waals surface area (Å²) in [6.07, 6.45) is 6.53. The highest BCUT2D eigenvalue weighted by Crippen LogP contribution is 2.21. The van der Waals surface area contributed by atoms with Crippen molar-refractivity contribution in [3.05, 3.63) is 23.3 Å². The molecule has 0 bridgehead atoms. The lowest BCUT2D eigenvalue weighted by molar-refractivity contribution is 0.654. The Balaban J connectivity index is 2.41. The van der Waals surface area contributed by atoms with Crippen LogP contribution in [-0.4, -0.2) is 9.97 Å². The van der Waals surface area contributed by atoms with E-state index in [1.54, 1.807) is 6.33 Å². The van der Waals surface area contributed by atoms with Gasteiger partial charge in [0.25, 0.3) is 0 Å². The van der Waals surface area contributed by atoms with Gasteiger partial charge in [0.1, 0.15) is 6.33 Å². The molecule has 0 saturated heterocycles. The molecule has 0 N–H and O–H groups in total. The van der Waals surface area contributed by atoms with E-state index in [-0.39, 0.29) is 0 Å². The van der Waals surface area contributed by atoms with Crippen LogP contribution in [-0.2, 0) is 19.3 Å². The van der Waals surface area contributed by atoms with E-state index in [4.69, 9.17) is 5.26 Å². The quantitative estimate of drug-likeness (QED) is 0.645. The fourth-order valence-corrected chi connectivity index (χ4v) is 1.82. The van der Waals surface area contributed by atoms with E-state index in [0.717, 1.165) is 24.2 Å². The standard InChI is InChI=1S/C10H11N3/c11-6-5-10-8-3-1-2-4-9(8)12-7-13-10/h7H,1-5H2. The first-order valence-electron chi connectivity index (χ1n) is 4.60. The van der Waals surface area contributed by atoms with E-state index in [0.29, 0.717) is 6.42 Å². The molecule has 1 aliphatic rings. The molecule has 3 nitrogen and oxygen atoms in total. The monoisotopic (exact) mass is 173 g/mol.